The van der Waals surface area contributed by atoms with Crippen LogP contribution in [-0.2, 0) is 6.54 Å². The van der Waals surface area contributed by atoms with Crippen LogP contribution in [0.3, 0.4) is 0 Å². The lowest BCUT2D eigenvalue weighted by Crippen LogP contribution is -2.46. The van der Waals surface area contributed by atoms with E-state index in [9.17, 15) is 0 Å². The van der Waals surface area contributed by atoms with E-state index in [-0.39, 0.29) is 0 Å². The van der Waals surface area contributed by atoms with Gasteiger partial charge < -0.3 is 4.90 Å². The Bertz CT molecular complexity index is 431. The van der Waals surface area contributed by atoms with Crippen molar-refractivity contribution in [3.63, 3.8) is 0 Å². The average molecular weight is 275 g/mol. The Kier molecular flexibility index (Phi) is 5.38. The molecule has 0 bridgehead atoms. The number of nitrogens with two attached hydrogens (primary N) is 1. The molecule has 1 aliphatic heterocycles. The van der Waals surface area contributed by atoms with Crippen LogP contribution in [0.1, 0.15) is 18.9 Å². The molecule has 0 saturated carbocycles. The van der Waals surface area contributed by atoms with Crippen LogP contribution >= 0.6 is 0 Å². The number of rotatable bonds is 2. The van der Waals surface area contributed by atoms with Crippen molar-refractivity contribution in [3.05, 3.63) is 35.9 Å². The van der Waals surface area contributed by atoms with Crippen molar-refractivity contribution >= 4 is 5.96 Å². The summed E-state index contributed by atoms with van der Waals surface area (Å²) in [4.78, 5) is 8.94. The predicted molar refractivity (Wildman–Crippen MR) is 83.2 cm³/mol. The summed E-state index contributed by atoms with van der Waals surface area (Å²) in [6.07, 6.45) is 1.12. The third-order valence-corrected chi connectivity index (χ3v) is 3.97. The van der Waals surface area contributed by atoms with Crippen LogP contribution in [0, 0.1) is 0 Å². The molecule has 5 heteroatoms. The van der Waals surface area contributed by atoms with Gasteiger partial charge in [0.1, 0.15) is 0 Å². The second kappa shape index (κ2) is 7.26. The molecule has 1 aromatic carbocycles. The van der Waals surface area contributed by atoms with Crippen LogP contribution in [-0.4, -0.2) is 48.5 Å². The van der Waals surface area contributed by atoms with E-state index in [1.54, 1.807) is 7.05 Å². The van der Waals surface area contributed by atoms with Gasteiger partial charge in [0.15, 0.2) is 0 Å². The lowest BCUT2D eigenvalue weighted by atomic mass is 10.1. The third kappa shape index (κ3) is 3.71. The lowest BCUT2D eigenvalue weighted by Gasteiger charge is -2.26. The van der Waals surface area contributed by atoms with E-state index >= 15 is 0 Å². The van der Waals surface area contributed by atoms with Crippen LogP contribution in [0.5, 0.6) is 0 Å². The minimum absolute atomic E-state index is 0.566. The average Bonchev–Trinajstić information content (AvgIpc) is 2.66. The molecule has 1 fully saturated rings. The molecule has 1 heterocycles. The molecule has 0 aromatic heterocycles. The number of nitrogens with one attached hydrogen (secondary N) is 1. The van der Waals surface area contributed by atoms with Crippen molar-refractivity contribution in [2.45, 2.75) is 25.9 Å². The maximum absolute atomic E-state index is 5.52. The monoisotopic (exact) mass is 275 g/mol. The molecule has 20 heavy (non-hydrogen) atoms. The van der Waals surface area contributed by atoms with E-state index in [0.29, 0.717) is 6.04 Å². The van der Waals surface area contributed by atoms with Crippen molar-refractivity contribution in [1.82, 2.24) is 15.2 Å². The highest BCUT2D eigenvalue weighted by Crippen LogP contribution is 2.14. The number of hydrazine groups is 1. The molecular formula is C15H25N5. The van der Waals surface area contributed by atoms with Gasteiger partial charge in [-0.1, -0.05) is 30.3 Å². The van der Waals surface area contributed by atoms with Crippen molar-refractivity contribution < 1.29 is 0 Å². The van der Waals surface area contributed by atoms with Crippen molar-refractivity contribution in [2.75, 3.05) is 26.7 Å². The van der Waals surface area contributed by atoms with E-state index in [2.05, 4.69) is 57.5 Å². The van der Waals surface area contributed by atoms with Crippen LogP contribution < -0.4 is 11.3 Å². The topological polar surface area (TPSA) is 56.9 Å². The zero-order valence-electron chi connectivity index (χ0n) is 12.4. The second-order valence-electron chi connectivity index (χ2n) is 5.27. The van der Waals surface area contributed by atoms with E-state index in [0.717, 1.165) is 38.6 Å². The summed E-state index contributed by atoms with van der Waals surface area (Å²) in [6.45, 7) is 6.27. The number of benzene rings is 1. The minimum Gasteiger partial charge on any atom is -0.341 e. The van der Waals surface area contributed by atoms with Gasteiger partial charge in [0.25, 0.3) is 0 Å². The Morgan fingerprint density at radius 3 is 2.70 bits per heavy atom. The first-order valence-electron chi connectivity index (χ1n) is 7.21. The number of aliphatic imine (C=N–C) groups is 1. The molecule has 110 valence electrons. The summed E-state index contributed by atoms with van der Waals surface area (Å²) in [5.41, 5.74) is 4.06. The van der Waals surface area contributed by atoms with E-state index in [1.807, 2.05) is 0 Å². The molecule has 1 unspecified atom stereocenters. The zero-order chi connectivity index (χ0) is 14.4. The van der Waals surface area contributed by atoms with Gasteiger partial charge in [-0.3, -0.25) is 15.3 Å². The van der Waals surface area contributed by atoms with Gasteiger partial charge in [-0.25, -0.2) is 5.84 Å². The largest absolute Gasteiger partial charge is 0.341 e. The molecule has 1 aromatic rings. The third-order valence-electron chi connectivity index (χ3n) is 3.97. The SMILES string of the molecule is CN=C(NN)N1CCC(C)N(Cc2ccccc2)CC1. The van der Waals surface area contributed by atoms with Gasteiger partial charge in [-0.15, -0.1) is 0 Å². The molecule has 1 aliphatic rings. The van der Waals surface area contributed by atoms with Gasteiger partial charge in [0, 0.05) is 39.3 Å². The molecule has 0 radical (unpaired) electrons. The first kappa shape index (κ1) is 14.8. The van der Waals surface area contributed by atoms with Crippen molar-refractivity contribution in [1.29, 1.82) is 0 Å². The zero-order valence-corrected chi connectivity index (χ0v) is 12.4. The highest BCUT2D eigenvalue weighted by Gasteiger charge is 2.22. The Labute approximate surface area is 121 Å². The number of nitrogens with zero attached hydrogens (tertiary/aromatic N) is 3. The van der Waals surface area contributed by atoms with Crippen molar-refractivity contribution in [3.8, 4) is 0 Å². The molecule has 0 aliphatic carbocycles. The summed E-state index contributed by atoms with van der Waals surface area (Å²) < 4.78 is 0. The maximum atomic E-state index is 5.52. The predicted octanol–water partition coefficient (Wildman–Crippen LogP) is 1.03. The smallest absolute Gasteiger partial charge is 0.208 e. The highest BCUT2D eigenvalue weighted by atomic mass is 15.4. The molecular weight excluding hydrogens is 250 g/mol. The molecule has 3 N–H and O–H groups in total. The first-order valence-corrected chi connectivity index (χ1v) is 7.21. The van der Waals surface area contributed by atoms with E-state index in [1.165, 1.54) is 5.56 Å². The van der Waals surface area contributed by atoms with Gasteiger partial charge in [-0.2, -0.15) is 0 Å². The van der Waals surface area contributed by atoms with Crippen LogP contribution in [0.25, 0.3) is 0 Å². The molecule has 1 saturated heterocycles. The van der Waals surface area contributed by atoms with Crippen molar-refractivity contribution in [2.24, 2.45) is 10.8 Å². The van der Waals surface area contributed by atoms with Crippen LogP contribution in [0.2, 0.25) is 0 Å². The van der Waals surface area contributed by atoms with E-state index < -0.39 is 0 Å². The Morgan fingerprint density at radius 1 is 1.30 bits per heavy atom. The van der Waals surface area contributed by atoms with Gasteiger partial charge in [-0.05, 0) is 18.9 Å². The number of guanidine groups is 1. The molecule has 5 nitrogen and oxygen atoms in total. The summed E-state index contributed by atoms with van der Waals surface area (Å²) in [6, 6.07) is 11.2. The lowest BCUT2D eigenvalue weighted by molar-refractivity contribution is 0.210. The van der Waals surface area contributed by atoms with Gasteiger partial charge >= 0.3 is 0 Å². The fraction of sp³-hybridized carbons (Fsp3) is 0.533. The first-order chi connectivity index (χ1) is 9.74. The second-order valence-corrected chi connectivity index (χ2v) is 5.27. The van der Waals surface area contributed by atoms with Gasteiger partial charge in [0.05, 0.1) is 0 Å². The fourth-order valence-corrected chi connectivity index (χ4v) is 2.67. The minimum atomic E-state index is 0.566. The maximum Gasteiger partial charge on any atom is 0.208 e. The fourth-order valence-electron chi connectivity index (χ4n) is 2.67. The Hall–Kier alpha value is -1.59. The molecule has 0 amide bonds. The summed E-state index contributed by atoms with van der Waals surface area (Å²) in [5, 5.41) is 0. The normalized spacial score (nSPS) is 21.6. The molecule has 0 spiro atoms. The van der Waals surface area contributed by atoms with Gasteiger partial charge in [0.2, 0.25) is 5.96 Å². The number of hydrogen-bond donors (Lipinski definition) is 2. The summed E-state index contributed by atoms with van der Waals surface area (Å²) in [7, 11) is 1.77. The summed E-state index contributed by atoms with van der Waals surface area (Å²) >= 11 is 0. The number of hydrogen-bond acceptors (Lipinski definition) is 3. The molecule has 1 atom stereocenters. The quantitative estimate of drug-likeness (QED) is 0.366. The van der Waals surface area contributed by atoms with Crippen LogP contribution in [0.4, 0.5) is 0 Å². The van der Waals surface area contributed by atoms with E-state index in [4.69, 9.17) is 5.84 Å². The standard InChI is InChI=1S/C15H25N5/c1-13-8-9-19(15(17-2)18-16)10-11-20(13)12-14-6-4-3-5-7-14/h3-7,13H,8-12,16H2,1-2H3,(H,17,18). The Balaban J connectivity index is 1.99. The molecule has 2 rings (SSSR count). The van der Waals surface area contributed by atoms with Crippen LogP contribution in [0.15, 0.2) is 35.3 Å². The highest BCUT2D eigenvalue weighted by molar-refractivity contribution is 5.79. The Morgan fingerprint density at radius 2 is 2.05 bits per heavy atom. The summed E-state index contributed by atoms with van der Waals surface area (Å²) in [5.74, 6) is 6.30.